The van der Waals surface area contributed by atoms with Gasteiger partial charge in [-0.1, -0.05) is 25.1 Å². The first-order valence-corrected chi connectivity index (χ1v) is 10.7. The maximum Gasteiger partial charge on any atom is 0.251 e. The van der Waals surface area contributed by atoms with Crippen molar-refractivity contribution < 1.29 is 9.18 Å². The van der Waals surface area contributed by atoms with Crippen molar-refractivity contribution in [3.63, 3.8) is 0 Å². The van der Waals surface area contributed by atoms with E-state index in [0.29, 0.717) is 29.2 Å². The molecule has 0 bridgehead atoms. The molecule has 34 heavy (non-hydrogen) atoms. The highest BCUT2D eigenvalue weighted by molar-refractivity contribution is 6.06. The third-order valence-corrected chi connectivity index (χ3v) is 5.67. The third-order valence-electron chi connectivity index (χ3n) is 5.67. The Bertz CT molecular complexity index is 1520. The number of anilines is 1. The summed E-state index contributed by atoms with van der Waals surface area (Å²) in [6.07, 6.45) is 7.47. The van der Waals surface area contributed by atoms with Crippen molar-refractivity contribution in [2.45, 2.75) is 12.8 Å². The number of nitrogens with one attached hydrogen (secondary N) is 2. The summed E-state index contributed by atoms with van der Waals surface area (Å²) in [5.41, 5.74) is 3.91. The van der Waals surface area contributed by atoms with Crippen LogP contribution in [-0.4, -0.2) is 49.0 Å². The van der Waals surface area contributed by atoms with E-state index in [9.17, 15) is 9.18 Å². The number of para-hydroxylation sites is 1. The van der Waals surface area contributed by atoms with E-state index < -0.39 is 5.82 Å². The van der Waals surface area contributed by atoms with Crippen LogP contribution in [-0.2, 0) is 0 Å². The van der Waals surface area contributed by atoms with Crippen LogP contribution in [0.1, 0.15) is 28.8 Å². The average Bonchev–Trinajstić information content (AvgIpc) is 3.26. The van der Waals surface area contributed by atoms with Gasteiger partial charge in [-0.2, -0.15) is 5.10 Å². The molecule has 1 aromatic carbocycles. The molecular weight excluding hydrogens is 435 g/mol. The van der Waals surface area contributed by atoms with Crippen molar-refractivity contribution in [3.05, 3.63) is 78.4 Å². The average molecular weight is 456 g/mol. The van der Waals surface area contributed by atoms with Gasteiger partial charge in [0, 0.05) is 55.1 Å². The number of pyridine rings is 1. The van der Waals surface area contributed by atoms with Crippen LogP contribution < -0.4 is 10.6 Å². The zero-order valence-electron chi connectivity index (χ0n) is 18.5. The van der Waals surface area contributed by atoms with E-state index in [1.807, 2.05) is 18.2 Å². The van der Waals surface area contributed by atoms with Crippen LogP contribution in [0.25, 0.3) is 27.8 Å². The van der Waals surface area contributed by atoms with Crippen LogP contribution >= 0.6 is 0 Å². The number of amides is 1. The number of hydrogen-bond donors (Lipinski definition) is 2. The molecule has 5 aromatic rings. The lowest BCUT2D eigenvalue weighted by Crippen LogP contribution is -2.18. The SMILES string of the molecule is CNC(=O)c1ccnc2c(C(C)CNc3cc(-c4cnc5c(F)cnn5c4)ncn3)cccc12. The Morgan fingerprint density at radius 2 is 2.03 bits per heavy atom. The fourth-order valence-corrected chi connectivity index (χ4v) is 3.89. The summed E-state index contributed by atoms with van der Waals surface area (Å²) >= 11 is 0. The maximum absolute atomic E-state index is 13.6. The van der Waals surface area contributed by atoms with Gasteiger partial charge >= 0.3 is 0 Å². The van der Waals surface area contributed by atoms with Crippen molar-refractivity contribution in [1.82, 2.24) is 34.9 Å². The summed E-state index contributed by atoms with van der Waals surface area (Å²) in [5, 5.41) is 10.8. The van der Waals surface area contributed by atoms with E-state index in [2.05, 4.69) is 42.6 Å². The molecule has 0 aliphatic heterocycles. The van der Waals surface area contributed by atoms with Crippen molar-refractivity contribution >= 4 is 28.3 Å². The van der Waals surface area contributed by atoms with Crippen LogP contribution in [0.15, 0.2) is 61.4 Å². The number of aromatic nitrogens is 6. The molecule has 10 heteroatoms. The van der Waals surface area contributed by atoms with E-state index in [0.717, 1.165) is 22.7 Å². The number of halogens is 1. The van der Waals surface area contributed by atoms with Gasteiger partial charge in [-0.25, -0.2) is 23.9 Å². The molecule has 0 radical (unpaired) electrons. The standard InChI is InChI=1S/C24H21FN8O/c1-14(16-4-3-5-17-18(24(34)26-2)6-7-27-22(16)17)9-28-21-8-20(30-13-31-21)15-10-29-23-19(25)11-32-33(23)12-15/h3-8,10-14H,9H2,1-2H3,(H,26,34)(H,28,30,31). The third kappa shape index (κ3) is 3.90. The second-order valence-electron chi connectivity index (χ2n) is 7.85. The number of nitrogens with zero attached hydrogens (tertiary/aromatic N) is 6. The van der Waals surface area contributed by atoms with Crippen LogP contribution in [0.4, 0.5) is 10.2 Å². The molecule has 9 nitrogen and oxygen atoms in total. The normalized spacial score (nSPS) is 12.1. The fourth-order valence-electron chi connectivity index (χ4n) is 3.89. The lowest BCUT2D eigenvalue weighted by Gasteiger charge is -2.16. The first kappa shape index (κ1) is 21.4. The number of benzene rings is 1. The topological polar surface area (TPSA) is 110 Å². The Morgan fingerprint density at radius 1 is 1.15 bits per heavy atom. The molecule has 4 heterocycles. The Labute approximate surface area is 194 Å². The quantitative estimate of drug-likeness (QED) is 0.403. The Morgan fingerprint density at radius 3 is 2.88 bits per heavy atom. The maximum atomic E-state index is 13.6. The first-order valence-electron chi connectivity index (χ1n) is 10.7. The summed E-state index contributed by atoms with van der Waals surface area (Å²) < 4.78 is 15.0. The van der Waals surface area contributed by atoms with Gasteiger partial charge in [0.1, 0.15) is 12.1 Å². The number of carbonyl (C=O) groups is 1. The van der Waals surface area contributed by atoms with E-state index >= 15 is 0 Å². The number of carbonyl (C=O) groups excluding carboxylic acids is 1. The molecule has 0 aliphatic rings. The predicted molar refractivity (Wildman–Crippen MR) is 126 cm³/mol. The molecule has 5 rings (SSSR count). The fraction of sp³-hybridized carbons (Fsp3) is 0.167. The van der Waals surface area contributed by atoms with E-state index in [4.69, 9.17) is 0 Å². The molecular formula is C24H21FN8O. The second kappa shape index (κ2) is 8.81. The largest absolute Gasteiger partial charge is 0.369 e. The molecule has 1 amide bonds. The minimum atomic E-state index is -0.476. The van der Waals surface area contributed by atoms with Crippen LogP contribution in [0.3, 0.4) is 0 Å². The summed E-state index contributed by atoms with van der Waals surface area (Å²) in [5.74, 6) is 0.104. The minimum Gasteiger partial charge on any atom is -0.369 e. The highest BCUT2D eigenvalue weighted by atomic mass is 19.1. The number of hydrogen-bond acceptors (Lipinski definition) is 7. The van der Waals surface area contributed by atoms with Crippen molar-refractivity contribution in [2.24, 2.45) is 0 Å². The highest BCUT2D eigenvalue weighted by Gasteiger charge is 2.15. The molecule has 0 spiro atoms. The first-order chi connectivity index (χ1) is 16.5. The van der Waals surface area contributed by atoms with Gasteiger partial charge in [-0.3, -0.25) is 9.78 Å². The summed E-state index contributed by atoms with van der Waals surface area (Å²) in [6, 6.07) is 9.39. The summed E-state index contributed by atoms with van der Waals surface area (Å²) in [6.45, 7) is 2.67. The molecule has 0 saturated carbocycles. The highest BCUT2D eigenvalue weighted by Crippen LogP contribution is 2.27. The van der Waals surface area contributed by atoms with Crippen molar-refractivity contribution in [3.8, 4) is 11.3 Å². The molecule has 4 aromatic heterocycles. The van der Waals surface area contributed by atoms with Gasteiger partial charge in [-0.05, 0) is 11.6 Å². The van der Waals surface area contributed by atoms with Gasteiger partial charge < -0.3 is 10.6 Å². The van der Waals surface area contributed by atoms with Crippen LogP contribution in [0, 0.1) is 5.82 Å². The predicted octanol–water partition coefficient (Wildman–Crippen LogP) is 3.45. The van der Waals surface area contributed by atoms with Gasteiger partial charge in [0.2, 0.25) is 0 Å². The van der Waals surface area contributed by atoms with Gasteiger partial charge in [0.15, 0.2) is 11.5 Å². The molecule has 2 N–H and O–H groups in total. The molecule has 0 fully saturated rings. The van der Waals surface area contributed by atoms with E-state index in [1.165, 1.54) is 10.8 Å². The van der Waals surface area contributed by atoms with Gasteiger partial charge in [-0.15, -0.1) is 0 Å². The Balaban J connectivity index is 1.37. The smallest absolute Gasteiger partial charge is 0.251 e. The second-order valence-corrected chi connectivity index (χ2v) is 7.85. The Kier molecular flexibility index (Phi) is 5.54. The van der Waals surface area contributed by atoms with Gasteiger partial charge in [0.25, 0.3) is 5.91 Å². The number of fused-ring (bicyclic) bond motifs is 2. The van der Waals surface area contributed by atoms with Crippen molar-refractivity contribution in [2.75, 3.05) is 18.9 Å². The zero-order chi connectivity index (χ0) is 23.7. The minimum absolute atomic E-state index is 0.0830. The zero-order valence-corrected chi connectivity index (χ0v) is 18.5. The lowest BCUT2D eigenvalue weighted by molar-refractivity contribution is 0.0964. The van der Waals surface area contributed by atoms with Gasteiger partial charge in [0.05, 0.1) is 23.0 Å². The summed E-state index contributed by atoms with van der Waals surface area (Å²) in [4.78, 5) is 29.5. The Hall–Kier alpha value is -4.47. The molecule has 0 saturated heterocycles. The van der Waals surface area contributed by atoms with Crippen LogP contribution in [0.5, 0.6) is 0 Å². The van der Waals surface area contributed by atoms with E-state index in [-0.39, 0.29) is 17.5 Å². The monoisotopic (exact) mass is 456 g/mol. The van der Waals surface area contributed by atoms with Crippen molar-refractivity contribution in [1.29, 1.82) is 0 Å². The lowest BCUT2D eigenvalue weighted by atomic mass is 9.96. The summed E-state index contributed by atoms with van der Waals surface area (Å²) in [7, 11) is 1.61. The number of rotatable bonds is 6. The molecule has 1 unspecified atom stereocenters. The van der Waals surface area contributed by atoms with Crippen LogP contribution in [0.2, 0.25) is 0 Å². The molecule has 170 valence electrons. The molecule has 1 atom stereocenters. The van der Waals surface area contributed by atoms with E-state index in [1.54, 1.807) is 37.8 Å². The molecule has 0 aliphatic carbocycles.